The van der Waals surface area contributed by atoms with Gasteiger partial charge in [-0.25, -0.2) is 0 Å². The second-order valence-electron chi connectivity index (χ2n) is 5.32. The Morgan fingerprint density at radius 3 is 2.68 bits per heavy atom. The van der Waals surface area contributed by atoms with Gasteiger partial charge in [0.2, 0.25) is 0 Å². The van der Waals surface area contributed by atoms with Crippen LogP contribution in [0.4, 0.5) is 0 Å². The minimum atomic E-state index is -0.812. The number of ether oxygens (including phenoxy) is 2. The van der Waals surface area contributed by atoms with Crippen LogP contribution in [0.1, 0.15) is 27.6 Å². The summed E-state index contributed by atoms with van der Waals surface area (Å²) >= 11 is 0. The summed E-state index contributed by atoms with van der Waals surface area (Å²) < 4.78 is 11.3. The van der Waals surface area contributed by atoms with E-state index in [4.69, 9.17) is 9.47 Å². The molecule has 0 unspecified atom stereocenters. The van der Waals surface area contributed by atoms with Crippen LogP contribution in [0.5, 0.6) is 23.0 Å². The zero-order valence-corrected chi connectivity index (χ0v) is 11.3. The minimum Gasteiger partial charge on any atom is -0.508 e. The molecule has 0 spiro atoms. The maximum Gasteiger partial charge on any atom is 0.199 e. The van der Waals surface area contributed by atoms with Crippen molar-refractivity contribution in [3.05, 3.63) is 47.0 Å². The average Bonchev–Trinajstić information content (AvgIpc) is 2.50. The summed E-state index contributed by atoms with van der Waals surface area (Å²) in [5, 5.41) is 29.1. The number of rotatable bonds is 0. The number of hydrogen-bond acceptors (Lipinski definition) is 6. The fraction of sp³-hybridized carbons (Fsp3) is 0.188. The van der Waals surface area contributed by atoms with Crippen LogP contribution >= 0.6 is 0 Å². The largest absolute Gasteiger partial charge is 0.508 e. The quantitative estimate of drug-likeness (QED) is 0.644. The molecule has 0 bridgehead atoms. The third kappa shape index (κ3) is 1.67. The van der Waals surface area contributed by atoms with Crippen LogP contribution in [0.3, 0.4) is 0 Å². The van der Waals surface area contributed by atoms with Crippen molar-refractivity contribution in [2.24, 2.45) is 0 Å². The Hall–Kier alpha value is -2.73. The van der Waals surface area contributed by atoms with Crippen molar-refractivity contribution in [1.29, 1.82) is 0 Å². The highest BCUT2D eigenvalue weighted by Crippen LogP contribution is 2.45. The molecular formula is C16H12O6. The molecule has 2 aliphatic rings. The molecule has 0 aromatic heterocycles. The second kappa shape index (κ2) is 4.38. The number of aromatic hydroxyl groups is 3. The lowest BCUT2D eigenvalue weighted by atomic mass is 9.88. The summed E-state index contributed by atoms with van der Waals surface area (Å²) in [6.07, 6.45) is -1.54. The standard InChI is InChI=1S/C16H12O6/c17-7-1-2-9-12(5-7)22-15-8-3-4-11(18)13(19)10(8)6-21-16(15)14(9)20/h1-5,15-19H,6H2/t15-,16-/m0/s1. The normalized spacial score (nSPS) is 22.3. The van der Waals surface area contributed by atoms with Crippen molar-refractivity contribution < 1.29 is 29.6 Å². The molecule has 2 atom stereocenters. The van der Waals surface area contributed by atoms with Crippen molar-refractivity contribution in [3.63, 3.8) is 0 Å². The molecule has 6 heteroatoms. The number of hydrogen-bond donors (Lipinski definition) is 3. The summed E-state index contributed by atoms with van der Waals surface area (Å²) in [6.45, 7) is 0.0131. The molecular weight excluding hydrogens is 288 g/mol. The first-order valence-corrected chi connectivity index (χ1v) is 6.75. The highest BCUT2D eigenvalue weighted by molar-refractivity contribution is 6.03. The highest BCUT2D eigenvalue weighted by Gasteiger charge is 2.43. The fourth-order valence-corrected chi connectivity index (χ4v) is 2.92. The maximum atomic E-state index is 12.5. The average molecular weight is 300 g/mol. The van der Waals surface area contributed by atoms with E-state index in [1.54, 1.807) is 6.07 Å². The van der Waals surface area contributed by atoms with Crippen LogP contribution in [0.25, 0.3) is 0 Å². The molecule has 3 N–H and O–H groups in total. The van der Waals surface area contributed by atoms with Crippen LogP contribution in [-0.4, -0.2) is 27.2 Å². The number of benzene rings is 2. The molecule has 112 valence electrons. The zero-order chi connectivity index (χ0) is 15.4. The number of ketones is 1. The Kier molecular flexibility index (Phi) is 2.58. The third-order valence-electron chi connectivity index (χ3n) is 4.03. The van der Waals surface area contributed by atoms with Gasteiger partial charge in [-0.05, 0) is 18.2 Å². The summed E-state index contributed by atoms with van der Waals surface area (Å²) in [5.74, 6) is -0.482. The lowest BCUT2D eigenvalue weighted by Gasteiger charge is -2.37. The number of phenols is 3. The van der Waals surface area contributed by atoms with E-state index in [9.17, 15) is 20.1 Å². The van der Waals surface area contributed by atoms with Crippen molar-refractivity contribution >= 4 is 5.78 Å². The molecule has 0 fully saturated rings. The van der Waals surface area contributed by atoms with Gasteiger partial charge in [-0.1, -0.05) is 6.07 Å². The molecule has 4 rings (SSSR count). The Labute approximate surface area is 125 Å². The van der Waals surface area contributed by atoms with E-state index in [-0.39, 0.29) is 35.4 Å². The predicted octanol–water partition coefficient (Wildman–Crippen LogP) is 2.02. The van der Waals surface area contributed by atoms with Gasteiger partial charge in [-0.3, -0.25) is 4.79 Å². The lowest BCUT2D eigenvalue weighted by molar-refractivity contribution is -0.0431. The number of phenolic OH excluding ortho intramolecular Hbond substituents is 3. The topological polar surface area (TPSA) is 96.2 Å². The van der Waals surface area contributed by atoms with Crippen molar-refractivity contribution in [1.82, 2.24) is 0 Å². The third-order valence-corrected chi connectivity index (χ3v) is 4.03. The second-order valence-corrected chi connectivity index (χ2v) is 5.32. The minimum absolute atomic E-state index is 0.00416. The Morgan fingerprint density at radius 1 is 1.05 bits per heavy atom. The summed E-state index contributed by atoms with van der Waals surface area (Å²) in [6, 6.07) is 7.24. The van der Waals surface area contributed by atoms with Crippen LogP contribution in [0, 0.1) is 0 Å². The maximum absolute atomic E-state index is 12.5. The predicted molar refractivity (Wildman–Crippen MR) is 74.2 cm³/mol. The van der Waals surface area contributed by atoms with Gasteiger partial charge in [0.25, 0.3) is 0 Å². The monoisotopic (exact) mass is 300 g/mol. The van der Waals surface area contributed by atoms with Crippen LogP contribution in [0.2, 0.25) is 0 Å². The lowest BCUT2D eigenvalue weighted by Crippen LogP contribution is -2.41. The SMILES string of the molecule is O=C1c2ccc(O)cc2O[C@H]2c3ccc(O)c(O)c3CO[C@@H]12. The van der Waals surface area contributed by atoms with Crippen molar-refractivity contribution in [2.45, 2.75) is 18.8 Å². The fourth-order valence-electron chi connectivity index (χ4n) is 2.92. The van der Waals surface area contributed by atoms with E-state index in [2.05, 4.69) is 0 Å². The van der Waals surface area contributed by atoms with Gasteiger partial charge >= 0.3 is 0 Å². The van der Waals surface area contributed by atoms with Gasteiger partial charge in [-0.2, -0.15) is 0 Å². The Morgan fingerprint density at radius 2 is 1.86 bits per heavy atom. The summed E-state index contributed by atoms with van der Waals surface area (Å²) in [4.78, 5) is 12.5. The number of Topliss-reactive ketones (excluding diaryl/α,β-unsaturated/α-hetero) is 1. The van der Waals surface area contributed by atoms with Crippen LogP contribution in [0.15, 0.2) is 30.3 Å². The van der Waals surface area contributed by atoms with Gasteiger partial charge in [0.1, 0.15) is 11.5 Å². The van der Waals surface area contributed by atoms with Gasteiger partial charge < -0.3 is 24.8 Å². The van der Waals surface area contributed by atoms with E-state index in [1.807, 2.05) is 0 Å². The van der Waals surface area contributed by atoms with Gasteiger partial charge in [-0.15, -0.1) is 0 Å². The van der Waals surface area contributed by atoms with Crippen LogP contribution in [-0.2, 0) is 11.3 Å². The van der Waals surface area contributed by atoms with Crippen molar-refractivity contribution in [2.75, 3.05) is 0 Å². The molecule has 2 heterocycles. The summed E-state index contributed by atoms with van der Waals surface area (Å²) in [5.41, 5.74) is 1.34. The molecule has 0 aliphatic carbocycles. The van der Waals surface area contributed by atoms with E-state index in [0.717, 1.165) is 0 Å². The molecule has 0 radical (unpaired) electrons. The van der Waals surface area contributed by atoms with E-state index < -0.39 is 12.2 Å². The molecule has 22 heavy (non-hydrogen) atoms. The summed E-state index contributed by atoms with van der Waals surface area (Å²) in [7, 11) is 0. The molecule has 6 nitrogen and oxygen atoms in total. The van der Waals surface area contributed by atoms with Gasteiger partial charge in [0.15, 0.2) is 29.5 Å². The first-order chi connectivity index (χ1) is 10.6. The first kappa shape index (κ1) is 13.0. The molecule has 2 aromatic rings. The molecule has 0 saturated carbocycles. The smallest absolute Gasteiger partial charge is 0.199 e. The van der Waals surface area contributed by atoms with Crippen molar-refractivity contribution in [3.8, 4) is 23.0 Å². The number of carbonyl (C=O) groups excluding carboxylic acids is 1. The first-order valence-electron chi connectivity index (χ1n) is 6.75. The number of fused-ring (bicyclic) bond motifs is 4. The Balaban J connectivity index is 1.86. The van der Waals surface area contributed by atoms with E-state index in [1.165, 1.54) is 24.3 Å². The van der Waals surface area contributed by atoms with Crippen LogP contribution < -0.4 is 4.74 Å². The molecule has 2 aliphatic heterocycles. The molecule has 0 amide bonds. The molecule has 2 aromatic carbocycles. The molecule has 0 saturated heterocycles. The van der Waals surface area contributed by atoms with Gasteiger partial charge in [0.05, 0.1) is 12.2 Å². The van der Waals surface area contributed by atoms with Gasteiger partial charge in [0, 0.05) is 17.2 Å². The van der Waals surface area contributed by atoms with E-state index >= 15 is 0 Å². The Bertz CT molecular complexity index is 797. The van der Waals surface area contributed by atoms with E-state index in [0.29, 0.717) is 16.7 Å². The zero-order valence-electron chi connectivity index (χ0n) is 11.3. The number of carbonyl (C=O) groups is 1. The highest BCUT2D eigenvalue weighted by atomic mass is 16.6.